The summed E-state index contributed by atoms with van der Waals surface area (Å²) in [6, 6.07) is 4.73. The van der Waals surface area contributed by atoms with Crippen LogP contribution in [0.2, 0.25) is 0 Å². The zero-order valence-electron chi connectivity index (χ0n) is 15.0. The summed E-state index contributed by atoms with van der Waals surface area (Å²) < 4.78 is 12.9. The van der Waals surface area contributed by atoms with Gasteiger partial charge >= 0.3 is 6.03 Å². The second kappa shape index (κ2) is 8.90. The summed E-state index contributed by atoms with van der Waals surface area (Å²) in [4.78, 5) is 24.6. The van der Waals surface area contributed by atoms with E-state index in [0.29, 0.717) is 17.5 Å². The molecule has 0 radical (unpaired) electrons. The van der Waals surface area contributed by atoms with Gasteiger partial charge in [-0.1, -0.05) is 36.8 Å². The highest BCUT2D eigenvalue weighted by atomic mass is 32.1. The molecule has 1 aromatic carbocycles. The smallest absolute Gasteiger partial charge is 0.315 e. The second-order valence-corrected chi connectivity index (χ2v) is 7.51. The van der Waals surface area contributed by atoms with Crippen molar-refractivity contribution >= 4 is 28.4 Å². The van der Waals surface area contributed by atoms with Crippen molar-refractivity contribution in [2.24, 2.45) is 0 Å². The van der Waals surface area contributed by atoms with Crippen LogP contribution in [0.15, 0.2) is 24.3 Å². The van der Waals surface area contributed by atoms with Crippen LogP contribution in [0.3, 0.4) is 0 Å². The van der Waals surface area contributed by atoms with Crippen LogP contribution in [-0.4, -0.2) is 28.2 Å². The minimum atomic E-state index is -0.670. The van der Waals surface area contributed by atoms with E-state index in [-0.39, 0.29) is 18.3 Å². The minimum Gasteiger partial charge on any atom is -0.334 e. The number of benzene rings is 1. The molecule has 1 unspecified atom stereocenters. The first-order valence-corrected chi connectivity index (χ1v) is 9.80. The molecule has 1 aliphatic rings. The zero-order valence-corrected chi connectivity index (χ0v) is 15.8. The van der Waals surface area contributed by atoms with Crippen molar-refractivity contribution in [1.82, 2.24) is 20.8 Å². The highest BCUT2D eigenvalue weighted by Gasteiger charge is 2.28. The Hall–Kier alpha value is -2.55. The van der Waals surface area contributed by atoms with Crippen LogP contribution in [0.1, 0.15) is 49.1 Å². The van der Waals surface area contributed by atoms with Gasteiger partial charge in [-0.15, -0.1) is 10.2 Å². The van der Waals surface area contributed by atoms with Crippen LogP contribution >= 0.6 is 11.3 Å². The molecule has 0 saturated heterocycles. The number of hydrogen-bond donors (Lipinski definition) is 3. The Morgan fingerprint density at radius 2 is 2.00 bits per heavy atom. The Morgan fingerprint density at radius 1 is 1.26 bits per heavy atom. The van der Waals surface area contributed by atoms with Crippen LogP contribution in [0.5, 0.6) is 0 Å². The molecular weight excluding hydrogens is 369 g/mol. The average molecular weight is 391 g/mol. The fraction of sp³-hybridized carbons (Fsp3) is 0.444. The largest absolute Gasteiger partial charge is 0.334 e. The number of aromatic nitrogens is 2. The van der Waals surface area contributed by atoms with Crippen molar-refractivity contribution in [3.05, 3.63) is 40.7 Å². The maximum Gasteiger partial charge on any atom is 0.315 e. The number of amides is 3. The van der Waals surface area contributed by atoms with Crippen molar-refractivity contribution in [3.8, 4) is 0 Å². The lowest BCUT2D eigenvalue weighted by Crippen LogP contribution is -2.47. The molecule has 9 heteroatoms. The third-order valence-electron chi connectivity index (χ3n) is 4.16. The molecule has 1 aliphatic carbocycles. The maximum atomic E-state index is 12.9. The minimum absolute atomic E-state index is 0.244. The van der Waals surface area contributed by atoms with Crippen LogP contribution < -0.4 is 16.0 Å². The molecule has 3 rings (SSSR count). The summed E-state index contributed by atoms with van der Waals surface area (Å²) in [6.45, 7) is 2.18. The van der Waals surface area contributed by atoms with E-state index in [1.165, 1.54) is 23.5 Å². The fourth-order valence-corrected chi connectivity index (χ4v) is 3.44. The number of rotatable bonds is 8. The first-order chi connectivity index (χ1) is 13.0. The molecule has 27 heavy (non-hydrogen) atoms. The molecule has 1 atom stereocenters. The van der Waals surface area contributed by atoms with Gasteiger partial charge in [0.15, 0.2) is 0 Å². The lowest BCUT2D eigenvalue weighted by molar-refractivity contribution is -0.118. The first-order valence-electron chi connectivity index (χ1n) is 8.98. The highest BCUT2D eigenvalue weighted by molar-refractivity contribution is 7.15. The van der Waals surface area contributed by atoms with Gasteiger partial charge in [0.05, 0.1) is 0 Å². The van der Waals surface area contributed by atoms with Crippen LogP contribution in [0.25, 0.3) is 0 Å². The summed E-state index contributed by atoms with van der Waals surface area (Å²) in [5.74, 6) is -0.161. The van der Waals surface area contributed by atoms with Crippen molar-refractivity contribution < 1.29 is 14.0 Å². The quantitative estimate of drug-likeness (QED) is 0.644. The fourth-order valence-electron chi connectivity index (χ4n) is 2.52. The Labute approximate surface area is 160 Å². The normalized spacial score (nSPS) is 14.4. The Morgan fingerprint density at radius 3 is 2.67 bits per heavy atom. The first kappa shape index (κ1) is 19.2. The van der Waals surface area contributed by atoms with E-state index < -0.39 is 12.1 Å². The third kappa shape index (κ3) is 5.72. The number of carbonyl (C=O) groups is 2. The monoisotopic (exact) mass is 391 g/mol. The number of hydrogen-bond acceptors (Lipinski definition) is 5. The molecule has 0 spiro atoms. The molecule has 3 amide bonds. The van der Waals surface area contributed by atoms with Crippen LogP contribution in [-0.2, 0) is 11.3 Å². The van der Waals surface area contributed by atoms with Gasteiger partial charge in [-0.3, -0.25) is 10.1 Å². The van der Waals surface area contributed by atoms with Gasteiger partial charge in [0.1, 0.15) is 16.9 Å². The summed E-state index contributed by atoms with van der Waals surface area (Å²) in [7, 11) is 0. The zero-order chi connectivity index (χ0) is 19.2. The summed E-state index contributed by atoms with van der Waals surface area (Å²) in [6.07, 6.45) is 3.48. The molecular formula is C18H22FN5O2S. The topological polar surface area (TPSA) is 96.0 Å². The number of urea groups is 1. The predicted molar refractivity (Wildman–Crippen MR) is 101 cm³/mol. The van der Waals surface area contributed by atoms with E-state index in [2.05, 4.69) is 26.1 Å². The van der Waals surface area contributed by atoms with Crippen molar-refractivity contribution in [1.29, 1.82) is 0 Å². The molecule has 3 N–H and O–H groups in total. The molecule has 1 fully saturated rings. The number of halogens is 1. The van der Waals surface area contributed by atoms with Crippen molar-refractivity contribution in [3.63, 3.8) is 0 Å². The number of nitrogens with zero attached hydrogens (tertiary/aromatic N) is 2. The Kier molecular flexibility index (Phi) is 6.33. The lowest BCUT2D eigenvalue weighted by atomic mass is 10.1. The molecule has 1 aromatic heterocycles. The Bertz CT molecular complexity index is 791. The molecule has 0 aliphatic heterocycles. The van der Waals surface area contributed by atoms with Gasteiger partial charge in [-0.2, -0.15) is 0 Å². The molecule has 144 valence electrons. The van der Waals surface area contributed by atoms with Crippen LogP contribution in [0.4, 0.5) is 14.3 Å². The van der Waals surface area contributed by atoms with Gasteiger partial charge < -0.3 is 10.6 Å². The summed E-state index contributed by atoms with van der Waals surface area (Å²) in [5, 5.41) is 17.6. The Balaban J connectivity index is 1.50. The summed E-state index contributed by atoms with van der Waals surface area (Å²) in [5.41, 5.74) is 0.768. The maximum absolute atomic E-state index is 12.9. The van der Waals surface area contributed by atoms with Crippen molar-refractivity contribution in [2.45, 2.75) is 51.1 Å². The van der Waals surface area contributed by atoms with E-state index in [0.717, 1.165) is 29.8 Å². The van der Waals surface area contributed by atoms with E-state index in [9.17, 15) is 14.0 Å². The van der Waals surface area contributed by atoms with Crippen LogP contribution in [0, 0.1) is 5.82 Å². The van der Waals surface area contributed by atoms with Gasteiger partial charge in [0, 0.05) is 12.5 Å². The number of nitrogens with one attached hydrogen (secondary N) is 3. The molecule has 1 saturated carbocycles. The van der Waals surface area contributed by atoms with Gasteiger partial charge in [-0.05, 0) is 37.0 Å². The number of anilines is 1. The molecule has 1 heterocycles. The SMILES string of the molecule is CCCC(NC(=O)NCc1ccc(F)cc1)C(=O)Nc1nnc(C2CC2)s1. The van der Waals surface area contributed by atoms with Crippen molar-refractivity contribution in [2.75, 3.05) is 5.32 Å². The molecule has 2 aromatic rings. The lowest BCUT2D eigenvalue weighted by Gasteiger charge is -2.17. The second-order valence-electron chi connectivity index (χ2n) is 6.50. The number of carbonyl (C=O) groups excluding carboxylic acids is 2. The van der Waals surface area contributed by atoms with E-state index in [1.54, 1.807) is 12.1 Å². The van der Waals surface area contributed by atoms with Gasteiger partial charge in [-0.25, -0.2) is 9.18 Å². The molecule has 0 bridgehead atoms. The average Bonchev–Trinajstić information content (AvgIpc) is 3.40. The molecule has 7 nitrogen and oxygen atoms in total. The van der Waals surface area contributed by atoms with E-state index in [4.69, 9.17) is 0 Å². The van der Waals surface area contributed by atoms with E-state index >= 15 is 0 Å². The standard InChI is InChI=1S/C18H22FN5O2S/c1-2-3-14(15(25)22-18-24-23-16(27-18)12-6-7-12)21-17(26)20-10-11-4-8-13(19)9-5-11/h4-5,8-9,12,14H,2-3,6-7,10H2,1H3,(H2,20,21,26)(H,22,24,25). The van der Waals surface area contributed by atoms with Gasteiger partial charge in [0.25, 0.3) is 0 Å². The van der Waals surface area contributed by atoms with Gasteiger partial charge in [0.2, 0.25) is 11.0 Å². The highest BCUT2D eigenvalue weighted by Crippen LogP contribution is 2.42. The predicted octanol–water partition coefficient (Wildman–Crippen LogP) is 3.16. The van der Waals surface area contributed by atoms with E-state index in [1.807, 2.05) is 6.92 Å². The summed E-state index contributed by atoms with van der Waals surface area (Å²) >= 11 is 1.38. The third-order valence-corrected chi connectivity index (χ3v) is 5.16.